The summed E-state index contributed by atoms with van der Waals surface area (Å²) in [6.07, 6.45) is 3.02. The van der Waals surface area contributed by atoms with Crippen molar-refractivity contribution in [3.8, 4) is 5.75 Å². The fourth-order valence-corrected chi connectivity index (χ4v) is 4.11. The van der Waals surface area contributed by atoms with E-state index in [1.54, 1.807) is 12.1 Å². The first-order chi connectivity index (χ1) is 17.0. The zero-order valence-electron chi connectivity index (χ0n) is 20.6. The molecule has 0 aromatic heterocycles. The molecule has 0 aliphatic heterocycles. The number of carbonyl (C=O) groups excluding carboxylic acids is 3. The van der Waals surface area contributed by atoms with E-state index in [1.807, 2.05) is 12.5 Å². The molecule has 36 heavy (non-hydrogen) atoms. The lowest BCUT2D eigenvalue weighted by atomic mass is 10.0. The molecule has 3 amide bonds. The van der Waals surface area contributed by atoms with Gasteiger partial charge in [0.1, 0.15) is 17.8 Å². The fraction of sp³-hybridized carbons (Fsp3) is 0.565. The van der Waals surface area contributed by atoms with E-state index in [-0.39, 0.29) is 18.6 Å². The van der Waals surface area contributed by atoms with Crippen molar-refractivity contribution in [1.29, 1.82) is 0 Å². The van der Waals surface area contributed by atoms with E-state index < -0.39 is 54.0 Å². The number of aliphatic carboxylic acids is 1. The molecular formula is C23H36N4O7S2. The topological polar surface area (TPSA) is 191 Å². The van der Waals surface area contributed by atoms with Crippen LogP contribution in [-0.4, -0.2) is 93.3 Å². The van der Waals surface area contributed by atoms with E-state index >= 15 is 0 Å². The number of hydrogen-bond donors (Lipinski definition) is 7. The van der Waals surface area contributed by atoms with Crippen molar-refractivity contribution in [3.05, 3.63) is 29.8 Å². The first-order valence-corrected chi connectivity index (χ1v) is 14.1. The van der Waals surface area contributed by atoms with Crippen molar-refractivity contribution in [2.75, 3.05) is 24.0 Å². The third-order valence-corrected chi connectivity index (χ3v) is 6.56. The van der Waals surface area contributed by atoms with Gasteiger partial charge in [-0.15, -0.1) is 0 Å². The van der Waals surface area contributed by atoms with Gasteiger partial charge in [-0.05, 0) is 61.5 Å². The number of aliphatic hydroxyl groups is 1. The Morgan fingerprint density at radius 2 is 1.42 bits per heavy atom. The van der Waals surface area contributed by atoms with Crippen molar-refractivity contribution < 1.29 is 34.5 Å². The number of aromatic hydroxyl groups is 1. The molecule has 0 spiro atoms. The normalized spacial score (nSPS) is 15.1. The van der Waals surface area contributed by atoms with E-state index in [1.165, 1.54) is 42.6 Å². The van der Waals surface area contributed by atoms with Crippen LogP contribution in [0.2, 0.25) is 0 Å². The zero-order valence-corrected chi connectivity index (χ0v) is 22.2. The van der Waals surface area contributed by atoms with Crippen LogP contribution in [-0.2, 0) is 25.6 Å². The predicted molar refractivity (Wildman–Crippen MR) is 141 cm³/mol. The maximum atomic E-state index is 13.2. The molecule has 5 unspecified atom stereocenters. The summed E-state index contributed by atoms with van der Waals surface area (Å²) in [4.78, 5) is 50.1. The third-order valence-electron chi connectivity index (χ3n) is 5.27. The number of rotatable bonds is 16. The third kappa shape index (κ3) is 11.1. The molecule has 1 aromatic rings. The molecule has 0 saturated carbocycles. The van der Waals surface area contributed by atoms with Gasteiger partial charge < -0.3 is 37.0 Å². The fourth-order valence-electron chi connectivity index (χ4n) is 3.15. The summed E-state index contributed by atoms with van der Waals surface area (Å²) in [6.45, 7) is 1.23. The van der Waals surface area contributed by atoms with Gasteiger partial charge in [0.15, 0.2) is 6.04 Å². The van der Waals surface area contributed by atoms with Crippen molar-refractivity contribution >= 4 is 47.2 Å². The summed E-state index contributed by atoms with van der Waals surface area (Å²) in [6, 6.07) is 1.55. The van der Waals surface area contributed by atoms with Crippen LogP contribution in [0.4, 0.5) is 0 Å². The standard InChI is InChI=1S/C23H36N4O7S2/c1-13(28)19(23(33)34)27-21(31)17(9-11-36-3)25-22(32)18(12-14-4-6-15(29)7-5-14)26-20(30)16(24)8-10-35-2/h4-7,13,16-19,28-29H,8-12,24H2,1-3H3,(H,25,32)(H,26,30)(H,27,31)(H,33,34). The van der Waals surface area contributed by atoms with Gasteiger partial charge >= 0.3 is 5.97 Å². The average molecular weight is 545 g/mol. The molecule has 0 heterocycles. The first-order valence-electron chi connectivity index (χ1n) is 11.3. The molecule has 0 radical (unpaired) electrons. The Labute approximate surface area is 219 Å². The number of amides is 3. The highest BCUT2D eigenvalue weighted by atomic mass is 32.2. The summed E-state index contributed by atoms with van der Waals surface area (Å²) in [7, 11) is 0. The van der Waals surface area contributed by atoms with Gasteiger partial charge in [0, 0.05) is 6.42 Å². The highest BCUT2D eigenvalue weighted by molar-refractivity contribution is 7.98. The Morgan fingerprint density at radius 1 is 0.889 bits per heavy atom. The predicted octanol–water partition coefficient (Wildman–Crippen LogP) is -0.312. The number of phenolic OH excluding ortho intramolecular Hbond substituents is 1. The van der Waals surface area contributed by atoms with E-state index in [9.17, 15) is 34.5 Å². The minimum atomic E-state index is -1.55. The number of carboxylic acid groups (broad SMARTS) is 1. The molecule has 5 atom stereocenters. The Kier molecular flexibility index (Phi) is 14.3. The molecule has 11 nitrogen and oxygen atoms in total. The van der Waals surface area contributed by atoms with Gasteiger partial charge in [0.05, 0.1) is 12.1 Å². The minimum absolute atomic E-state index is 0.0442. The van der Waals surface area contributed by atoms with Crippen LogP contribution in [0.5, 0.6) is 5.75 Å². The number of carboxylic acids is 1. The van der Waals surface area contributed by atoms with Gasteiger partial charge in [-0.1, -0.05) is 12.1 Å². The Bertz CT molecular complexity index is 871. The van der Waals surface area contributed by atoms with Crippen LogP contribution < -0.4 is 21.7 Å². The molecule has 202 valence electrons. The number of hydrogen-bond acceptors (Lipinski definition) is 9. The average Bonchev–Trinajstić information content (AvgIpc) is 2.83. The lowest BCUT2D eigenvalue weighted by Crippen LogP contribution is -2.58. The molecule has 0 bridgehead atoms. The summed E-state index contributed by atoms with van der Waals surface area (Å²) in [5.41, 5.74) is 6.60. The van der Waals surface area contributed by atoms with Crippen molar-refractivity contribution in [3.63, 3.8) is 0 Å². The number of nitrogens with one attached hydrogen (secondary N) is 3. The SMILES string of the molecule is CSCCC(N)C(=O)NC(Cc1ccc(O)cc1)C(=O)NC(CCSC)C(=O)NC(C(=O)O)C(C)O. The maximum absolute atomic E-state index is 13.2. The number of aliphatic hydroxyl groups excluding tert-OH is 1. The summed E-state index contributed by atoms with van der Waals surface area (Å²) in [5.74, 6) is -2.16. The zero-order chi connectivity index (χ0) is 27.3. The highest BCUT2D eigenvalue weighted by Crippen LogP contribution is 2.12. The molecule has 0 saturated heterocycles. The van der Waals surface area contributed by atoms with Gasteiger partial charge in [-0.2, -0.15) is 23.5 Å². The summed E-state index contributed by atoms with van der Waals surface area (Å²) in [5, 5.41) is 36.0. The molecule has 0 aliphatic rings. The number of nitrogens with two attached hydrogens (primary N) is 1. The molecule has 13 heteroatoms. The minimum Gasteiger partial charge on any atom is -0.508 e. The lowest BCUT2D eigenvalue weighted by Gasteiger charge is -2.26. The Hall–Kier alpha value is -2.48. The van der Waals surface area contributed by atoms with Crippen molar-refractivity contribution in [2.24, 2.45) is 5.73 Å². The van der Waals surface area contributed by atoms with Gasteiger partial charge in [0.25, 0.3) is 0 Å². The van der Waals surface area contributed by atoms with Gasteiger partial charge in [-0.3, -0.25) is 14.4 Å². The van der Waals surface area contributed by atoms with E-state index in [0.29, 0.717) is 23.5 Å². The molecule has 1 rings (SSSR count). The second-order valence-corrected chi connectivity index (χ2v) is 10.2. The highest BCUT2D eigenvalue weighted by Gasteiger charge is 2.31. The smallest absolute Gasteiger partial charge is 0.328 e. The second-order valence-electron chi connectivity index (χ2n) is 8.23. The number of benzene rings is 1. The monoisotopic (exact) mass is 544 g/mol. The van der Waals surface area contributed by atoms with Crippen molar-refractivity contribution in [1.82, 2.24) is 16.0 Å². The molecule has 0 fully saturated rings. The lowest BCUT2D eigenvalue weighted by molar-refractivity contribution is -0.145. The van der Waals surface area contributed by atoms with Crippen LogP contribution in [0.25, 0.3) is 0 Å². The van der Waals surface area contributed by atoms with Gasteiger partial charge in [0.2, 0.25) is 17.7 Å². The quantitative estimate of drug-likeness (QED) is 0.145. The van der Waals surface area contributed by atoms with Crippen molar-refractivity contribution in [2.45, 2.75) is 56.5 Å². The van der Waals surface area contributed by atoms with Crippen LogP contribution >= 0.6 is 23.5 Å². The summed E-state index contributed by atoms with van der Waals surface area (Å²) >= 11 is 2.97. The second kappa shape index (κ2) is 16.3. The maximum Gasteiger partial charge on any atom is 0.328 e. The molecular weight excluding hydrogens is 508 g/mol. The van der Waals surface area contributed by atoms with E-state index in [2.05, 4.69) is 16.0 Å². The Morgan fingerprint density at radius 3 is 1.94 bits per heavy atom. The molecule has 0 aliphatic carbocycles. The van der Waals surface area contributed by atoms with Crippen LogP contribution in [0, 0.1) is 0 Å². The van der Waals surface area contributed by atoms with Gasteiger partial charge in [-0.25, -0.2) is 4.79 Å². The summed E-state index contributed by atoms with van der Waals surface area (Å²) < 4.78 is 0. The first kappa shape index (κ1) is 31.5. The Balaban J connectivity index is 3.10. The van der Waals surface area contributed by atoms with E-state index in [0.717, 1.165) is 0 Å². The van der Waals surface area contributed by atoms with Crippen LogP contribution in [0.15, 0.2) is 24.3 Å². The number of phenols is 1. The molecule has 1 aromatic carbocycles. The van der Waals surface area contributed by atoms with Crippen LogP contribution in [0.1, 0.15) is 25.3 Å². The number of thioether (sulfide) groups is 2. The largest absolute Gasteiger partial charge is 0.508 e. The number of carbonyl (C=O) groups is 4. The molecule has 8 N–H and O–H groups in total. The van der Waals surface area contributed by atoms with E-state index in [4.69, 9.17) is 5.73 Å². The van der Waals surface area contributed by atoms with Crippen LogP contribution in [0.3, 0.4) is 0 Å².